The van der Waals surface area contributed by atoms with Crippen LogP contribution in [0.3, 0.4) is 0 Å². The van der Waals surface area contributed by atoms with Gasteiger partial charge in [0.15, 0.2) is 0 Å². The summed E-state index contributed by atoms with van der Waals surface area (Å²) in [6, 6.07) is 11.0. The average molecular weight is 386 g/mol. The lowest BCUT2D eigenvalue weighted by atomic mass is 10.2. The average Bonchev–Trinajstić information content (AvgIpc) is 3.14. The zero-order valence-corrected chi connectivity index (χ0v) is 14.1. The Morgan fingerprint density at radius 3 is 2.77 bits per heavy atom. The molecule has 0 spiro atoms. The van der Waals surface area contributed by atoms with E-state index in [4.69, 9.17) is 16.3 Å². The molecule has 10 heteroatoms. The monoisotopic (exact) mass is 385 g/mol. The number of benzene rings is 2. The van der Waals surface area contributed by atoms with Crippen LogP contribution < -0.4 is 26.1 Å². The van der Waals surface area contributed by atoms with E-state index in [1.54, 1.807) is 23.5 Å². The Morgan fingerprint density at radius 1 is 1.19 bits per heavy atom. The molecule has 0 saturated carbocycles. The maximum absolute atomic E-state index is 12.8. The smallest absolute Gasteiger partial charge is 0.417 e. The quantitative estimate of drug-likeness (QED) is 0.663. The predicted octanol–water partition coefficient (Wildman–Crippen LogP) is 3.62. The molecule has 0 bridgehead atoms. The molecule has 0 unspecified atom stereocenters. The number of halogens is 4. The summed E-state index contributed by atoms with van der Waals surface area (Å²) in [5.74, 6) is 0.624. The van der Waals surface area contributed by atoms with Crippen molar-refractivity contribution in [2.75, 3.05) is 23.5 Å². The molecule has 0 amide bonds. The van der Waals surface area contributed by atoms with E-state index in [-0.39, 0.29) is 11.6 Å². The fraction of sp³-hybridized carbons (Fsp3) is 0.188. The van der Waals surface area contributed by atoms with Gasteiger partial charge in [0.1, 0.15) is 18.7 Å². The first-order chi connectivity index (χ1) is 12.4. The number of hydrazone groups is 1. The number of anilines is 2. The molecule has 1 aliphatic rings. The van der Waals surface area contributed by atoms with Crippen LogP contribution in [-0.4, -0.2) is 19.5 Å². The van der Waals surface area contributed by atoms with Crippen LogP contribution in [0.1, 0.15) is 5.56 Å². The van der Waals surface area contributed by atoms with Crippen LogP contribution in [0.2, 0.25) is 5.02 Å². The van der Waals surface area contributed by atoms with Crippen LogP contribution in [0.5, 0.6) is 5.75 Å². The summed E-state index contributed by atoms with van der Waals surface area (Å²) in [7, 11) is 0. The lowest BCUT2D eigenvalue weighted by Gasteiger charge is -2.15. The van der Waals surface area contributed by atoms with Gasteiger partial charge in [-0.2, -0.15) is 18.3 Å². The first-order valence-corrected chi connectivity index (χ1v) is 7.98. The van der Waals surface area contributed by atoms with Gasteiger partial charge >= 0.3 is 6.18 Å². The molecule has 0 aliphatic carbocycles. The Morgan fingerprint density at radius 2 is 2.04 bits per heavy atom. The number of nitrogens with one attached hydrogen (secondary N) is 3. The van der Waals surface area contributed by atoms with E-state index < -0.39 is 11.7 Å². The number of rotatable bonds is 6. The number of hydrogen-bond donors (Lipinski definition) is 3. The zero-order valence-electron chi connectivity index (χ0n) is 13.3. The van der Waals surface area contributed by atoms with E-state index in [1.807, 2.05) is 12.1 Å². The molecule has 0 aromatic heterocycles. The first kappa shape index (κ1) is 18.2. The number of hydrazine groups is 2. The molecule has 3 N–H and O–H groups in total. The van der Waals surface area contributed by atoms with Crippen molar-refractivity contribution in [3.63, 3.8) is 0 Å². The molecule has 3 rings (SSSR count). The van der Waals surface area contributed by atoms with Crippen LogP contribution in [0, 0.1) is 0 Å². The molecule has 138 valence electrons. The van der Waals surface area contributed by atoms with E-state index in [0.717, 1.165) is 11.8 Å². The fourth-order valence-corrected chi connectivity index (χ4v) is 2.49. The van der Waals surface area contributed by atoms with Gasteiger partial charge in [0, 0.05) is 18.3 Å². The van der Waals surface area contributed by atoms with Gasteiger partial charge in [-0.3, -0.25) is 0 Å². The van der Waals surface area contributed by atoms with Crippen molar-refractivity contribution >= 4 is 29.3 Å². The van der Waals surface area contributed by atoms with E-state index in [9.17, 15) is 13.2 Å². The van der Waals surface area contributed by atoms with Gasteiger partial charge in [-0.05, 0) is 30.3 Å². The van der Waals surface area contributed by atoms with Gasteiger partial charge in [0.25, 0.3) is 0 Å². The third-order valence-corrected chi connectivity index (χ3v) is 3.81. The van der Waals surface area contributed by atoms with Crippen LogP contribution in [0.15, 0.2) is 47.6 Å². The highest BCUT2D eigenvalue weighted by molar-refractivity contribution is 6.31. The van der Waals surface area contributed by atoms with Crippen LogP contribution in [0.25, 0.3) is 0 Å². The van der Waals surface area contributed by atoms with Gasteiger partial charge in [-0.15, -0.1) is 5.53 Å². The SMILES string of the molecule is FC(F)(F)c1cc(NCCOc2cccc(N3C=NNN3)c2)ccc1Cl. The summed E-state index contributed by atoms with van der Waals surface area (Å²) < 4.78 is 44.2. The van der Waals surface area contributed by atoms with Gasteiger partial charge in [0.2, 0.25) is 0 Å². The molecule has 1 heterocycles. The highest BCUT2D eigenvalue weighted by atomic mass is 35.5. The second-order valence-electron chi connectivity index (χ2n) is 5.30. The first-order valence-electron chi connectivity index (χ1n) is 7.60. The Kier molecular flexibility index (Phi) is 5.38. The fourth-order valence-electron chi connectivity index (χ4n) is 2.27. The second kappa shape index (κ2) is 7.71. The predicted molar refractivity (Wildman–Crippen MR) is 94.1 cm³/mol. The number of alkyl halides is 3. The van der Waals surface area contributed by atoms with E-state index >= 15 is 0 Å². The third kappa shape index (κ3) is 4.50. The summed E-state index contributed by atoms with van der Waals surface area (Å²) >= 11 is 5.60. The van der Waals surface area contributed by atoms with E-state index in [0.29, 0.717) is 18.0 Å². The lowest BCUT2D eigenvalue weighted by Crippen LogP contribution is -2.37. The van der Waals surface area contributed by atoms with Crippen molar-refractivity contribution in [2.45, 2.75) is 6.18 Å². The summed E-state index contributed by atoms with van der Waals surface area (Å²) in [5, 5.41) is 8.03. The summed E-state index contributed by atoms with van der Waals surface area (Å²) in [4.78, 5) is 0. The highest BCUT2D eigenvalue weighted by Gasteiger charge is 2.33. The molecular weight excluding hydrogens is 371 g/mol. The Balaban J connectivity index is 1.53. The zero-order chi connectivity index (χ0) is 18.6. The topological polar surface area (TPSA) is 60.9 Å². The van der Waals surface area contributed by atoms with Crippen molar-refractivity contribution in [3.8, 4) is 5.75 Å². The summed E-state index contributed by atoms with van der Waals surface area (Å²) in [6.45, 7) is 0.599. The second-order valence-corrected chi connectivity index (χ2v) is 5.71. The summed E-state index contributed by atoms with van der Waals surface area (Å²) in [5.41, 5.74) is 5.66. The molecule has 0 atom stereocenters. The molecular formula is C16H15ClF3N5O. The maximum Gasteiger partial charge on any atom is 0.417 e. The standard InChI is InChI=1S/C16H15ClF3N5O/c17-15-5-4-11(8-14(15)16(18,19)20)21-6-7-26-13-3-1-2-12(9-13)25-10-22-23-24-25/h1-5,8-10,21,23-24H,6-7H2. The van der Waals surface area contributed by atoms with Crippen LogP contribution in [-0.2, 0) is 6.18 Å². The molecule has 2 aromatic rings. The van der Waals surface area contributed by atoms with Crippen molar-refractivity contribution < 1.29 is 17.9 Å². The molecule has 0 radical (unpaired) electrons. The van der Waals surface area contributed by atoms with Gasteiger partial charge < -0.3 is 10.1 Å². The van der Waals surface area contributed by atoms with Crippen LogP contribution >= 0.6 is 11.6 Å². The molecule has 0 fully saturated rings. The molecule has 6 nitrogen and oxygen atoms in total. The van der Waals surface area contributed by atoms with Crippen molar-refractivity contribution in [1.29, 1.82) is 0 Å². The van der Waals surface area contributed by atoms with Crippen molar-refractivity contribution in [3.05, 3.63) is 53.1 Å². The maximum atomic E-state index is 12.8. The Hall–Kier alpha value is -2.65. The largest absolute Gasteiger partial charge is 0.492 e. The van der Waals surface area contributed by atoms with E-state index in [1.165, 1.54) is 12.1 Å². The Labute approximate surface area is 152 Å². The minimum Gasteiger partial charge on any atom is -0.492 e. The number of ether oxygens (including phenoxy) is 1. The third-order valence-electron chi connectivity index (χ3n) is 3.48. The van der Waals surface area contributed by atoms with E-state index in [2.05, 4.69) is 21.5 Å². The minimum absolute atomic E-state index is 0.271. The van der Waals surface area contributed by atoms with Gasteiger partial charge in [0.05, 0.1) is 16.3 Å². The minimum atomic E-state index is -4.49. The number of hydrogen-bond acceptors (Lipinski definition) is 6. The number of nitrogens with zero attached hydrogens (tertiary/aromatic N) is 2. The highest BCUT2D eigenvalue weighted by Crippen LogP contribution is 2.36. The summed E-state index contributed by atoms with van der Waals surface area (Å²) in [6.07, 6.45) is -2.92. The van der Waals surface area contributed by atoms with Crippen molar-refractivity contribution in [1.82, 2.24) is 11.1 Å². The Bertz CT molecular complexity index is 800. The molecule has 1 aliphatic heterocycles. The molecule has 0 saturated heterocycles. The van der Waals surface area contributed by atoms with Crippen LogP contribution in [0.4, 0.5) is 24.5 Å². The van der Waals surface area contributed by atoms with Gasteiger partial charge in [-0.25, -0.2) is 10.5 Å². The lowest BCUT2D eigenvalue weighted by molar-refractivity contribution is -0.137. The van der Waals surface area contributed by atoms with Gasteiger partial charge in [-0.1, -0.05) is 17.7 Å². The van der Waals surface area contributed by atoms with Crippen molar-refractivity contribution in [2.24, 2.45) is 5.10 Å². The molecule has 2 aromatic carbocycles. The normalized spacial score (nSPS) is 13.6. The molecule has 26 heavy (non-hydrogen) atoms.